The molecular formula is C11H16N4O3. The minimum atomic E-state index is -0.778. The van der Waals surface area contributed by atoms with Gasteiger partial charge in [-0.05, 0) is 11.6 Å². The minimum absolute atomic E-state index is 0.0204. The first-order chi connectivity index (χ1) is 8.58. The van der Waals surface area contributed by atoms with Gasteiger partial charge in [0.25, 0.3) is 5.56 Å². The van der Waals surface area contributed by atoms with Crippen molar-refractivity contribution in [3.63, 3.8) is 0 Å². The third-order valence-corrected chi connectivity index (χ3v) is 2.58. The van der Waals surface area contributed by atoms with Crippen LogP contribution in [0.4, 0.5) is 11.5 Å². The lowest BCUT2D eigenvalue weighted by atomic mass is 10.3. The molecule has 0 aliphatic rings. The summed E-state index contributed by atoms with van der Waals surface area (Å²) >= 11 is 0. The van der Waals surface area contributed by atoms with Gasteiger partial charge >= 0.3 is 5.69 Å². The molecule has 1 aromatic heterocycles. The average Bonchev–Trinajstić information content (AvgIpc) is 2.35. The first kappa shape index (κ1) is 13.9. The van der Waals surface area contributed by atoms with Crippen LogP contribution in [0.25, 0.3) is 0 Å². The van der Waals surface area contributed by atoms with Crippen LogP contribution in [0.5, 0.6) is 0 Å². The Morgan fingerprint density at radius 2 is 2.06 bits per heavy atom. The number of aromatic nitrogens is 2. The van der Waals surface area contributed by atoms with Gasteiger partial charge in [-0.2, -0.15) is 0 Å². The van der Waals surface area contributed by atoms with E-state index in [4.69, 9.17) is 5.73 Å². The zero-order chi connectivity index (χ0) is 13.7. The van der Waals surface area contributed by atoms with E-state index < -0.39 is 16.9 Å². The topological polar surface area (TPSA) is 99.4 Å². The molecule has 0 atom stereocenters. The second-order valence-corrected chi connectivity index (χ2v) is 3.82. The molecule has 0 saturated heterocycles. The van der Waals surface area contributed by atoms with E-state index in [2.05, 4.69) is 11.8 Å². The van der Waals surface area contributed by atoms with Crippen molar-refractivity contribution >= 4 is 11.5 Å². The predicted octanol–water partition coefficient (Wildman–Crippen LogP) is 0.976. The standard InChI is InChI=1S/C11H16N4O3/c1-3-5-7-14-9(12)8(13-18)10(16)15(6-4-2)11(14)17/h4H,2-3,5-7,12H2,1H3. The molecule has 0 fully saturated rings. The molecule has 2 N–H and O–H groups in total. The highest BCUT2D eigenvalue weighted by Gasteiger charge is 2.16. The van der Waals surface area contributed by atoms with Crippen molar-refractivity contribution < 1.29 is 0 Å². The van der Waals surface area contributed by atoms with E-state index in [1.165, 1.54) is 10.6 Å². The lowest BCUT2D eigenvalue weighted by Gasteiger charge is -2.12. The quantitative estimate of drug-likeness (QED) is 0.602. The van der Waals surface area contributed by atoms with Crippen LogP contribution in [-0.4, -0.2) is 9.13 Å². The third-order valence-electron chi connectivity index (χ3n) is 2.58. The Kier molecular flexibility index (Phi) is 4.59. The predicted molar refractivity (Wildman–Crippen MR) is 69.9 cm³/mol. The average molecular weight is 252 g/mol. The Morgan fingerprint density at radius 1 is 1.39 bits per heavy atom. The molecule has 0 aromatic carbocycles. The number of allylic oxidation sites excluding steroid dienone is 1. The van der Waals surface area contributed by atoms with E-state index in [1.807, 2.05) is 6.92 Å². The summed E-state index contributed by atoms with van der Waals surface area (Å²) in [5.74, 6) is -0.172. The number of nitrogens with zero attached hydrogens (tertiary/aromatic N) is 3. The molecule has 0 bridgehead atoms. The van der Waals surface area contributed by atoms with Gasteiger partial charge in [-0.25, -0.2) is 4.79 Å². The van der Waals surface area contributed by atoms with Gasteiger partial charge in [0.05, 0.1) is 0 Å². The fraction of sp³-hybridized carbons (Fsp3) is 0.455. The molecule has 1 rings (SSSR count). The van der Waals surface area contributed by atoms with E-state index in [0.717, 1.165) is 11.0 Å². The van der Waals surface area contributed by atoms with Crippen LogP contribution < -0.4 is 17.0 Å². The van der Waals surface area contributed by atoms with Crippen molar-refractivity contribution in [2.75, 3.05) is 5.73 Å². The molecule has 98 valence electrons. The van der Waals surface area contributed by atoms with Crippen LogP contribution in [0, 0.1) is 4.91 Å². The normalized spacial score (nSPS) is 10.3. The Hall–Kier alpha value is -2.18. The van der Waals surface area contributed by atoms with E-state index in [0.29, 0.717) is 13.0 Å². The smallest absolute Gasteiger partial charge is 0.332 e. The Balaban J connectivity index is 3.55. The van der Waals surface area contributed by atoms with Crippen molar-refractivity contribution in [3.05, 3.63) is 38.4 Å². The van der Waals surface area contributed by atoms with Gasteiger partial charge < -0.3 is 5.73 Å². The first-order valence-corrected chi connectivity index (χ1v) is 5.65. The van der Waals surface area contributed by atoms with Gasteiger partial charge in [0.15, 0.2) is 0 Å². The molecule has 0 aliphatic heterocycles. The Morgan fingerprint density at radius 3 is 2.56 bits per heavy atom. The number of nitrogen functional groups attached to an aromatic ring is 1. The van der Waals surface area contributed by atoms with Crippen molar-refractivity contribution in [1.29, 1.82) is 0 Å². The van der Waals surface area contributed by atoms with E-state index in [1.54, 1.807) is 0 Å². The van der Waals surface area contributed by atoms with Gasteiger partial charge in [-0.3, -0.25) is 13.9 Å². The molecule has 18 heavy (non-hydrogen) atoms. The highest BCUT2D eigenvalue weighted by Crippen LogP contribution is 2.14. The van der Waals surface area contributed by atoms with Crippen LogP contribution >= 0.6 is 0 Å². The van der Waals surface area contributed by atoms with Crippen molar-refractivity contribution in [2.24, 2.45) is 5.18 Å². The molecular weight excluding hydrogens is 236 g/mol. The first-order valence-electron chi connectivity index (χ1n) is 5.65. The Labute approximate surface area is 104 Å². The fourth-order valence-corrected chi connectivity index (χ4v) is 1.61. The van der Waals surface area contributed by atoms with Gasteiger partial charge in [-0.15, -0.1) is 11.5 Å². The second-order valence-electron chi connectivity index (χ2n) is 3.82. The molecule has 0 spiro atoms. The summed E-state index contributed by atoms with van der Waals surface area (Å²) in [6.07, 6.45) is 2.97. The maximum Gasteiger partial charge on any atom is 0.332 e. The van der Waals surface area contributed by atoms with Crippen molar-refractivity contribution in [1.82, 2.24) is 9.13 Å². The van der Waals surface area contributed by atoms with Crippen LogP contribution in [0.1, 0.15) is 19.8 Å². The summed E-state index contributed by atoms with van der Waals surface area (Å²) in [4.78, 5) is 34.5. The van der Waals surface area contributed by atoms with Gasteiger partial charge in [-0.1, -0.05) is 19.4 Å². The van der Waals surface area contributed by atoms with Crippen LogP contribution in [-0.2, 0) is 13.1 Å². The number of hydrogen-bond acceptors (Lipinski definition) is 5. The number of unbranched alkanes of at least 4 members (excludes halogenated alkanes) is 1. The third kappa shape index (κ3) is 2.39. The van der Waals surface area contributed by atoms with Gasteiger partial charge in [0.2, 0.25) is 5.69 Å². The maximum atomic E-state index is 12.0. The Bertz CT molecular complexity index is 571. The second kappa shape index (κ2) is 5.95. The number of nitroso groups, excluding NO2 is 1. The van der Waals surface area contributed by atoms with E-state index >= 15 is 0 Å². The van der Waals surface area contributed by atoms with Crippen LogP contribution in [0.3, 0.4) is 0 Å². The zero-order valence-corrected chi connectivity index (χ0v) is 10.3. The summed E-state index contributed by atoms with van der Waals surface area (Å²) in [5.41, 5.74) is 3.89. The van der Waals surface area contributed by atoms with Gasteiger partial charge in [0.1, 0.15) is 5.82 Å². The molecule has 0 aliphatic carbocycles. The SMILES string of the molecule is C=CCn1c(=O)c(N=O)c(N)n(CCCC)c1=O. The number of anilines is 1. The molecule has 7 heteroatoms. The summed E-state index contributed by atoms with van der Waals surface area (Å²) in [5, 5.41) is 2.62. The van der Waals surface area contributed by atoms with Crippen molar-refractivity contribution in [3.8, 4) is 0 Å². The summed E-state index contributed by atoms with van der Waals surface area (Å²) in [6.45, 7) is 5.79. The number of rotatable bonds is 6. The lowest BCUT2D eigenvalue weighted by molar-refractivity contribution is 0.563. The fourth-order valence-electron chi connectivity index (χ4n) is 1.61. The maximum absolute atomic E-state index is 12.0. The summed E-state index contributed by atoms with van der Waals surface area (Å²) < 4.78 is 2.10. The highest BCUT2D eigenvalue weighted by molar-refractivity contribution is 5.55. The van der Waals surface area contributed by atoms with E-state index in [-0.39, 0.29) is 12.4 Å². The molecule has 0 amide bonds. The van der Waals surface area contributed by atoms with E-state index in [9.17, 15) is 14.5 Å². The molecule has 7 nitrogen and oxygen atoms in total. The summed E-state index contributed by atoms with van der Waals surface area (Å²) in [7, 11) is 0. The summed E-state index contributed by atoms with van der Waals surface area (Å²) in [6, 6.07) is 0. The van der Waals surface area contributed by atoms with Gasteiger partial charge in [0, 0.05) is 13.1 Å². The molecule has 0 radical (unpaired) electrons. The van der Waals surface area contributed by atoms with Crippen LogP contribution in [0.15, 0.2) is 27.4 Å². The molecule has 0 saturated carbocycles. The molecule has 0 unspecified atom stereocenters. The number of nitrogens with two attached hydrogens (primary N) is 1. The largest absolute Gasteiger partial charge is 0.383 e. The molecule has 1 aromatic rings. The minimum Gasteiger partial charge on any atom is -0.383 e. The monoisotopic (exact) mass is 252 g/mol. The number of hydrogen-bond donors (Lipinski definition) is 1. The van der Waals surface area contributed by atoms with Crippen LogP contribution in [0.2, 0.25) is 0 Å². The zero-order valence-electron chi connectivity index (χ0n) is 10.3. The highest BCUT2D eigenvalue weighted by atomic mass is 16.3. The van der Waals surface area contributed by atoms with Crippen molar-refractivity contribution in [2.45, 2.75) is 32.9 Å². The molecule has 1 heterocycles. The lowest BCUT2D eigenvalue weighted by Crippen LogP contribution is -2.40.